The normalized spacial score (nSPS) is 16.8. The number of aromatic nitrogens is 1. The number of carbonyl (C=O) groups excluding carboxylic acids is 1. The summed E-state index contributed by atoms with van der Waals surface area (Å²) in [6, 6.07) is 14.9. The van der Waals surface area contributed by atoms with Crippen LogP contribution in [0.4, 0.5) is 11.4 Å². The summed E-state index contributed by atoms with van der Waals surface area (Å²) in [4.78, 5) is 20.8. The summed E-state index contributed by atoms with van der Waals surface area (Å²) >= 11 is 0. The lowest BCUT2D eigenvalue weighted by Gasteiger charge is -2.37. The number of piperidine rings is 1. The molecule has 3 aromatic rings. The van der Waals surface area contributed by atoms with Gasteiger partial charge in [0, 0.05) is 30.0 Å². The number of likely N-dealkylation sites (tertiary alicyclic amines) is 1. The summed E-state index contributed by atoms with van der Waals surface area (Å²) < 4.78 is 5.41. The molecule has 2 N–H and O–H groups in total. The van der Waals surface area contributed by atoms with Crippen molar-refractivity contribution in [3.8, 4) is 5.75 Å². The predicted molar refractivity (Wildman–Crippen MR) is 116 cm³/mol. The molecule has 0 aliphatic carbocycles. The van der Waals surface area contributed by atoms with E-state index in [4.69, 9.17) is 4.74 Å². The van der Waals surface area contributed by atoms with Gasteiger partial charge in [0.15, 0.2) is 0 Å². The van der Waals surface area contributed by atoms with Gasteiger partial charge in [-0.25, -0.2) is 0 Å². The number of nitrogens with zero attached hydrogens (tertiary/aromatic N) is 2. The van der Waals surface area contributed by atoms with Gasteiger partial charge < -0.3 is 24.8 Å². The van der Waals surface area contributed by atoms with Gasteiger partial charge in [-0.3, -0.25) is 4.79 Å². The summed E-state index contributed by atoms with van der Waals surface area (Å²) in [5, 5.41) is 4.47. The fourth-order valence-corrected chi connectivity index (χ4v) is 4.61. The number of carbonyl (C=O) groups is 1. The van der Waals surface area contributed by atoms with Gasteiger partial charge in [-0.15, -0.1) is 0 Å². The zero-order valence-corrected chi connectivity index (χ0v) is 16.9. The molecule has 150 valence electrons. The van der Waals surface area contributed by atoms with E-state index in [9.17, 15) is 4.79 Å². The zero-order chi connectivity index (χ0) is 20.0. The Bertz CT molecular complexity index is 1070. The van der Waals surface area contributed by atoms with Crippen LogP contribution in [0.15, 0.2) is 42.5 Å². The number of fused-ring (bicyclic) bond motifs is 2. The molecule has 0 atom stereocenters. The number of rotatable bonds is 3. The lowest BCUT2D eigenvalue weighted by Crippen LogP contribution is -2.46. The van der Waals surface area contributed by atoms with Crippen molar-refractivity contribution in [1.29, 1.82) is 0 Å². The van der Waals surface area contributed by atoms with Crippen molar-refractivity contribution in [2.24, 2.45) is 0 Å². The Morgan fingerprint density at radius 1 is 1.14 bits per heavy atom. The molecule has 6 heteroatoms. The minimum absolute atomic E-state index is 0.0798. The molecule has 2 aliphatic heterocycles. The number of H-pyrrole nitrogens is 1. The number of anilines is 2. The lowest BCUT2D eigenvalue weighted by atomic mass is 10.0. The number of hydrogen-bond donors (Lipinski definition) is 2. The number of hydrogen-bond acceptors (Lipinski definition) is 4. The Hall–Kier alpha value is -3.15. The van der Waals surface area contributed by atoms with E-state index in [1.165, 1.54) is 11.4 Å². The highest BCUT2D eigenvalue weighted by molar-refractivity contribution is 5.98. The third-order valence-corrected chi connectivity index (χ3v) is 6.21. The molecule has 0 spiro atoms. The van der Waals surface area contributed by atoms with E-state index in [1.807, 2.05) is 30.0 Å². The predicted octanol–water partition coefficient (Wildman–Crippen LogP) is 3.98. The lowest BCUT2D eigenvalue weighted by molar-refractivity contribution is 0.0708. The van der Waals surface area contributed by atoms with E-state index >= 15 is 0 Å². The second-order valence-electron chi connectivity index (χ2n) is 7.94. The van der Waals surface area contributed by atoms with Crippen LogP contribution in [0.3, 0.4) is 0 Å². The van der Waals surface area contributed by atoms with Crippen LogP contribution in [0, 0.1) is 6.92 Å². The van der Waals surface area contributed by atoms with Gasteiger partial charge in [0.2, 0.25) is 0 Å². The molecule has 6 nitrogen and oxygen atoms in total. The Balaban J connectivity index is 1.29. The number of para-hydroxylation sites is 2. The smallest absolute Gasteiger partial charge is 0.270 e. The number of amides is 1. The van der Waals surface area contributed by atoms with Crippen molar-refractivity contribution in [3.05, 3.63) is 53.7 Å². The molecule has 0 unspecified atom stereocenters. The topological polar surface area (TPSA) is 60.6 Å². The average Bonchev–Trinajstić information content (AvgIpc) is 3.36. The molecule has 2 aromatic carbocycles. The Morgan fingerprint density at radius 3 is 2.72 bits per heavy atom. The molecular formula is C23H26N4O2. The Morgan fingerprint density at radius 2 is 1.93 bits per heavy atom. The van der Waals surface area contributed by atoms with E-state index in [2.05, 4.69) is 39.5 Å². The number of methoxy groups -OCH3 is 1. The van der Waals surface area contributed by atoms with Gasteiger partial charge in [-0.2, -0.15) is 0 Å². The first-order valence-corrected chi connectivity index (χ1v) is 10.2. The van der Waals surface area contributed by atoms with Crippen molar-refractivity contribution in [1.82, 2.24) is 9.88 Å². The maximum Gasteiger partial charge on any atom is 0.270 e. The monoisotopic (exact) mass is 390 g/mol. The molecule has 1 fully saturated rings. The summed E-state index contributed by atoms with van der Waals surface area (Å²) in [6.45, 7) is 4.41. The highest BCUT2D eigenvalue weighted by Gasteiger charge is 2.31. The van der Waals surface area contributed by atoms with Gasteiger partial charge in [0.25, 0.3) is 5.91 Å². The van der Waals surface area contributed by atoms with Gasteiger partial charge in [-0.1, -0.05) is 12.1 Å². The molecule has 0 bridgehead atoms. The van der Waals surface area contributed by atoms with Crippen molar-refractivity contribution < 1.29 is 9.53 Å². The standard InChI is InChI=1S/C23H26N4O2/c1-15-11-19-16(13-22(15)29-2)12-20(25-19)23(28)26-9-7-17(8-10-26)27-14-24-18-5-3-4-6-21(18)27/h3-6,11-13,17,24-25H,7-10,14H2,1-2H3. The molecule has 1 saturated heterocycles. The van der Waals surface area contributed by atoms with Gasteiger partial charge in [-0.05, 0) is 55.7 Å². The van der Waals surface area contributed by atoms with Gasteiger partial charge in [0.1, 0.15) is 11.4 Å². The van der Waals surface area contributed by atoms with E-state index in [0.29, 0.717) is 11.7 Å². The summed E-state index contributed by atoms with van der Waals surface area (Å²) in [6.07, 6.45) is 1.96. The highest BCUT2D eigenvalue weighted by Crippen LogP contribution is 2.35. The number of aryl methyl sites for hydroxylation is 1. The minimum atomic E-state index is 0.0798. The minimum Gasteiger partial charge on any atom is -0.496 e. The van der Waals surface area contributed by atoms with Crippen LogP contribution >= 0.6 is 0 Å². The van der Waals surface area contributed by atoms with Crippen LogP contribution in [0.5, 0.6) is 5.75 Å². The second kappa shape index (κ2) is 7.03. The number of nitrogens with one attached hydrogen (secondary N) is 2. The molecule has 1 amide bonds. The van der Waals surface area contributed by atoms with Crippen LogP contribution in [0.1, 0.15) is 28.9 Å². The van der Waals surface area contributed by atoms with Gasteiger partial charge >= 0.3 is 0 Å². The molecule has 2 aliphatic rings. The summed E-state index contributed by atoms with van der Waals surface area (Å²) in [5.74, 6) is 0.923. The first-order valence-electron chi connectivity index (χ1n) is 10.2. The highest BCUT2D eigenvalue weighted by atomic mass is 16.5. The maximum absolute atomic E-state index is 13.1. The van der Waals surface area contributed by atoms with Crippen LogP contribution in [-0.4, -0.2) is 48.7 Å². The third kappa shape index (κ3) is 3.09. The summed E-state index contributed by atoms with van der Waals surface area (Å²) in [7, 11) is 1.67. The van der Waals surface area contributed by atoms with E-state index in [-0.39, 0.29) is 5.91 Å². The molecule has 1 aromatic heterocycles. The second-order valence-corrected chi connectivity index (χ2v) is 7.94. The van der Waals surface area contributed by atoms with Crippen molar-refractivity contribution in [2.45, 2.75) is 25.8 Å². The van der Waals surface area contributed by atoms with E-state index in [0.717, 1.165) is 54.8 Å². The molecule has 3 heterocycles. The quantitative estimate of drug-likeness (QED) is 0.710. The molecule has 5 rings (SSSR count). The average molecular weight is 390 g/mol. The molecule has 0 saturated carbocycles. The van der Waals surface area contributed by atoms with Crippen LogP contribution in [0.25, 0.3) is 10.9 Å². The molecule has 29 heavy (non-hydrogen) atoms. The van der Waals surface area contributed by atoms with Gasteiger partial charge in [0.05, 0.1) is 25.2 Å². The number of ether oxygens (including phenoxy) is 1. The molecular weight excluding hydrogens is 364 g/mol. The van der Waals surface area contributed by atoms with Crippen molar-refractivity contribution in [3.63, 3.8) is 0 Å². The maximum atomic E-state index is 13.1. The van der Waals surface area contributed by atoms with Crippen LogP contribution < -0.4 is 15.0 Å². The van der Waals surface area contributed by atoms with Crippen LogP contribution in [0.2, 0.25) is 0 Å². The largest absolute Gasteiger partial charge is 0.496 e. The first-order chi connectivity index (χ1) is 14.1. The van der Waals surface area contributed by atoms with Crippen LogP contribution in [-0.2, 0) is 0 Å². The van der Waals surface area contributed by atoms with E-state index < -0.39 is 0 Å². The first kappa shape index (κ1) is 17.9. The van der Waals surface area contributed by atoms with Crippen molar-refractivity contribution in [2.75, 3.05) is 37.1 Å². The fraction of sp³-hybridized carbons (Fsp3) is 0.348. The zero-order valence-electron chi connectivity index (χ0n) is 16.9. The summed E-state index contributed by atoms with van der Waals surface area (Å²) in [5.41, 5.74) is 5.16. The third-order valence-electron chi connectivity index (χ3n) is 6.21. The molecule has 0 radical (unpaired) electrons. The fourth-order valence-electron chi connectivity index (χ4n) is 4.61. The number of benzene rings is 2. The van der Waals surface area contributed by atoms with E-state index in [1.54, 1.807) is 7.11 Å². The SMILES string of the molecule is COc1cc2cc(C(=O)N3CCC(N4CNc5ccccc54)CC3)[nH]c2cc1C. The Labute approximate surface area is 170 Å². The number of aromatic amines is 1. The Kier molecular flexibility index (Phi) is 4.34. The van der Waals surface area contributed by atoms with Crippen molar-refractivity contribution >= 4 is 28.2 Å².